The number of hydrogen-bond donors (Lipinski definition) is 1. The van der Waals surface area contributed by atoms with Crippen molar-refractivity contribution in [3.63, 3.8) is 0 Å². The SMILES string of the molecule is CS(=O)(=O)c1cccc(NC(=O)c2cccc(C#N)c2)c1. The first-order chi connectivity index (χ1) is 9.90. The highest BCUT2D eigenvalue weighted by atomic mass is 32.2. The molecule has 0 unspecified atom stereocenters. The summed E-state index contributed by atoms with van der Waals surface area (Å²) in [5, 5.41) is 11.4. The number of rotatable bonds is 3. The van der Waals surface area contributed by atoms with Crippen LogP contribution < -0.4 is 5.32 Å². The summed E-state index contributed by atoms with van der Waals surface area (Å²) >= 11 is 0. The molecule has 1 N–H and O–H groups in total. The molecule has 5 nitrogen and oxygen atoms in total. The Morgan fingerprint density at radius 3 is 2.52 bits per heavy atom. The van der Waals surface area contributed by atoms with Gasteiger partial charge in [-0.1, -0.05) is 12.1 Å². The Labute approximate surface area is 122 Å². The lowest BCUT2D eigenvalue weighted by atomic mass is 10.1. The van der Waals surface area contributed by atoms with Crippen LogP contribution in [0.5, 0.6) is 0 Å². The molecule has 2 rings (SSSR count). The molecule has 6 heteroatoms. The average Bonchev–Trinajstić information content (AvgIpc) is 2.46. The molecule has 106 valence electrons. The van der Waals surface area contributed by atoms with Gasteiger partial charge in [0.25, 0.3) is 5.91 Å². The van der Waals surface area contributed by atoms with E-state index in [1.807, 2.05) is 6.07 Å². The summed E-state index contributed by atoms with van der Waals surface area (Å²) in [7, 11) is -3.33. The Balaban J connectivity index is 2.26. The number of nitriles is 1. The van der Waals surface area contributed by atoms with Crippen LogP contribution in [0, 0.1) is 11.3 Å². The van der Waals surface area contributed by atoms with Crippen LogP contribution in [0.3, 0.4) is 0 Å². The highest BCUT2D eigenvalue weighted by Gasteiger charge is 2.10. The number of carbonyl (C=O) groups excluding carboxylic acids is 1. The van der Waals surface area contributed by atoms with Gasteiger partial charge in [-0.05, 0) is 36.4 Å². The van der Waals surface area contributed by atoms with Gasteiger partial charge in [0.05, 0.1) is 16.5 Å². The van der Waals surface area contributed by atoms with E-state index in [2.05, 4.69) is 5.32 Å². The molecule has 2 aromatic rings. The van der Waals surface area contributed by atoms with Crippen LogP contribution in [0.1, 0.15) is 15.9 Å². The van der Waals surface area contributed by atoms with Gasteiger partial charge >= 0.3 is 0 Å². The van der Waals surface area contributed by atoms with Crippen LogP contribution in [0.2, 0.25) is 0 Å². The third-order valence-electron chi connectivity index (χ3n) is 2.77. The minimum Gasteiger partial charge on any atom is -0.322 e. The summed E-state index contributed by atoms with van der Waals surface area (Å²) < 4.78 is 23.0. The van der Waals surface area contributed by atoms with E-state index in [-0.39, 0.29) is 4.90 Å². The van der Waals surface area contributed by atoms with E-state index in [1.54, 1.807) is 30.3 Å². The first-order valence-electron chi connectivity index (χ1n) is 6.02. The van der Waals surface area contributed by atoms with Gasteiger partial charge in [0, 0.05) is 17.5 Å². The zero-order valence-electron chi connectivity index (χ0n) is 11.2. The molecule has 0 aromatic heterocycles. The summed E-state index contributed by atoms with van der Waals surface area (Å²) in [5.41, 5.74) is 1.09. The van der Waals surface area contributed by atoms with Crippen molar-refractivity contribution >= 4 is 21.4 Å². The molecule has 0 aliphatic carbocycles. The normalized spacial score (nSPS) is 10.7. The standard InChI is InChI=1S/C15H12N2O3S/c1-21(19,20)14-7-3-6-13(9-14)17-15(18)12-5-2-4-11(8-12)10-16/h2-9H,1H3,(H,17,18). The second-order valence-electron chi connectivity index (χ2n) is 4.45. The van der Waals surface area contributed by atoms with E-state index in [0.29, 0.717) is 16.8 Å². The molecule has 0 radical (unpaired) electrons. The molecule has 21 heavy (non-hydrogen) atoms. The number of nitrogens with zero attached hydrogens (tertiary/aromatic N) is 1. The van der Waals surface area contributed by atoms with Gasteiger partial charge in [-0.25, -0.2) is 8.42 Å². The molecule has 0 aliphatic heterocycles. The van der Waals surface area contributed by atoms with Crippen molar-refractivity contribution in [1.82, 2.24) is 0 Å². The Morgan fingerprint density at radius 1 is 1.14 bits per heavy atom. The fourth-order valence-electron chi connectivity index (χ4n) is 1.74. The third-order valence-corrected chi connectivity index (χ3v) is 3.88. The van der Waals surface area contributed by atoms with Gasteiger partial charge in [0.1, 0.15) is 0 Å². The van der Waals surface area contributed by atoms with Crippen LogP contribution in [-0.2, 0) is 9.84 Å². The Morgan fingerprint density at radius 2 is 1.86 bits per heavy atom. The fraction of sp³-hybridized carbons (Fsp3) is 0.0667. The zero-order valence-corrected chi connectivity index (χ0v) is 12.0. The van der Waals surface area contributed by atoms with Crippen molar-refractivity contribution in [2.24, 2.45) is 0 Å². The summed E-state index contributed by atoms with van der Waals surface area (Å²) in [4.78, 5) is 12.2. The molecule has 2 aromatic carbocycles. The second-order valence-corrected chi connectivity index (χ2v) is 6.46. The van der Waals surface area contributed by atoms with Crippen molar-refractivity contribution in [1.29, 1.82) is 5.26 Å². The van der Waals surface area contributed by atoms with Gasteiger partial charge in [0.15, 0.2) is 9.84 Å². The maximum atomic E-state index is 12.1. The minimum absolute atomic E-state index is 0.131. The van der Waals surface area contributed by atoms with Crippen molar-refractivity contribution in [3.05, 3.63) is 59.7 Å². The lowest BCUT2D eigenvalue weighted by molar-refractivity contribution is 0.102. The van der Waals surface area contributed by atoms with Crippen LogP contribution in [0.4, 0.5) is 5.69 Å². The Bertz CT molecular complexity index is 836. The van der Waals surface area contributed by atoms with Crippen LogP contribution in [-0.4, -0.2) is 20.6 Å². The first-order valence-corrected chi connectivity index (χ1v) is 7.91. The number of anilines is 1. The molecular weight excluding hydrogens is 288 g/mol. The number of carbonyl (C=O) groups is 1. The van der Waals surface area contributed by atoms with Gasteiger partial charge in [-0.3, -0.25) is 4.79 Å². The van der Waals surface area contributed by atoms with Crippen LogP contribution in [0.15, 0.2) is 53.4 Å². The van der Waals surface area contributed by atoms with Crippen molar-refractivity contribution < 1.29 is 13.2 Å². The van der Waals surface area contributed by atoms with E-state index in [9.17, 15) is 13.2 Å². The molecule has 0 saturated heterocycles. The first kappa shape index (κ1) is 14.8. The monoisotopic (exact) mass is 300 g/mol. The number of benzene rings is 2. The fourth-order valence-corrected chi connectivity index (χ4v) is 2.40. The van der Waals surface area contributed by atoms with E-state index >= 15 is 0 Å². The van der Waals surface area contributed by atoms with E-state index < -0.39 is 15.7 Å². The van der Waals surface area contributed by atoms with E-state index in [0.717, 1.165) is 6.26 Å². The number of amides is 1. The van der Waals surface area contributed by atoms with Crippen molar-refractivity contribution in [2.45, 2.75) is 4.90 Å². The van der Waals surface area contributed by atoms with Gasteiger partial charge in [-0.15, -0.1) is 0 Å². The summed E-state index contributed by atoms with van der Waals surface area (Å²) in [6, 6.07) is 14.2. The number of nitrogens with one attached hydrogen (secondary N) is 1. The molecule has 0 bridgehead atoms. The Hall–Kier alpha value is -2.65. The second kappa shape index (κ2) is 5.77. The Kier molecular flexibility index (Phi) is 4.05. The van der Waals surface area contributed by atoms with E-state index in [1.165, 1.54) is 18.2 Å². The average molecular weight is 300 g/mol. The molecule has 0 spiro atoms. The number of sulfone groups is 1. The molecule has 0 aliphatic rings. The molecule has 0 fully saturated rings. The third kappa shape index (κ3) is 3.68. The molecule has 1 amide bonds. The smallest absolute Gasteiger partial charge is 0.255 e. The maximum Gasteiger partial charge on any atom is 0.255 e. The summed E-state index contributed by atoms with van der Waals surface area (Å²) in [5.74, 6) is -0.405. The molecule has 0 heterocycles. The van der Waals surface area contributed by atoms with E-state index in [4.69, 9.17) is 5.26 Å². The predicted molar refractivity (Wildman–Crippen MR) is 78.7 cm³/mol. The quantitative estimate of drug-likeness (QED) is 0.941. The highest BCUT2D eigenvalue weighted by Crippen LogP contribution is 2.16. The minimum atomic E-state index is -3.33. The molecular formula is C15H12N2O3S. The molecule has 0 atom stereocenters. The highest BCUT2D eigenvalue weighted by molar-refractivity contribution is 7.90. The largest absolute Gasteiger partial charge is 0.322 e. The maximum absolute atomic E-state index is 12.1. The van der Waals surface area contributed by atoms with Gasteiger partial charge in [0.2, 0.25) is 0 Å². The number of hydrogen-bond acceptors (Lipinski definition) is 4. The van der Waals surface area contributed by atoms with Crippen molar-refractivity contribution in [3.8, 4) is 6.07 Å². The summed E-state index contributed by atoms with van der Waals surface area (Å²) in [6.45, 7) is 0. The molecule has 0 saturated carbocycles. The zero-order chi connectivity index (χ0) is 15.5. The van der Waals surface area contributed by atoms with Crippen molar-refractivity contribution in [2.75, 3.05) is 11.6 Å². The van der Waals surface area contributed by atoms with Gasteiger partial charge < -0.3 is 5.32 Å². The summed E-state index contributed by atoms with van der Waals surface area (Å²) in [6.07, 6.45) is 1.10. The van der Waals surface area contributed by atoms with Crippen LogP contribution >= 0.6 is 0 Å². The lowest BCUT2D eigenvalue weighted by Gasteiger charge is -2.07. The lowest BCUT2D eigenvalue weighted by Crippen LogP contribution is -2.12. The van der Waals surface area contributed by atoms with Crippen LogP contribution in [0.25, 0.3) is 0 Å². The van der Waals surface area contributed by atoms with Gasteiger partial charge in [-0.2, -0.15) is 5.26 Å². The topological polar surface area (TPSA) is 87.0 Å². The predicted octanol–water partition coefficient (Wildman–Crippen LogP) is 2.21.